The number of carbonyl (C=O) groups is 3. The lowest BCUT2D eigenvalue weighted by atomic mass is 9.85. The van der Waals surface area contributed by atoms with Crippen molar-refractivity contribution in [1.29, 1.82) is 0 Å². The van der Waals surface area contributed by atoms with Crippen LogP contribution in [0.15, 0.2) is 18.2 Å². The molecule has 0 saturated heterocycles. The lowest BCUT2D eigenvalue weighted by molar-refractivity contribution is -0.141. The molecule has 0 bridgehead atoms. The number of aliphatic carboxylic acids is 3. The Bertz CT molecular complexity index is 630. The molecule has 0 radical (unpaired) electrons. The lowest BCUT2D eigenvalue weighted by Gasteiger charge is -2.29. The standard InChI is InChI=1S/C14H16N2O6/c15-9(13(19)20)4-6-1-2-10-7(3-6)8(12(17)18)5-11(16-10)14(21)22/h1-3,8-9,11,16H,4-5,15H2,(H,17,18)(H,19,20)(H,21,22). The lowest BCUT2D eigenvalue weighted by Crippen LogP contribution is -2.37. The molecule has 0 saturated carbocycles. The summed E-state index contributed by atoms with van der Waals surface area (Å²) in [6.45, 7) is 0. The number of anilines is 1. The maximum absolute atomic E-state index is 11.4. The van der Waals surface area contributed by atoms with Crippen LogP contribution in [0.3, 0.4) is 0 Å². The first-order valence-corrected chi connectivity index (χ1v) is 6.63. The summed E-state index contributed by atoms with van der Waals surface area (Å²) in [7, 11) is 0. The molecule has 1 aliphatic rings. The Kier molecular flexibility index (Phi) is 4.32. The third-order valence-electron chi connectivity index (χ3n) is 3.66. The van der Waals surface area contributed by atoms with E-state index in [-0.39, 0.29) is 12.8 Å². The summed E-state index contributed by atoms with van der Waals surface area (Å²) >= 11 is 0. The zero-order valence-electron chi connectivity index (χ0n) is 11.5. The molecular weight excluding hydrogens is 292 g/mol. The van der Waals surface area contributed by atoms with Gasteiger partial charge in [0.15, 0.2) is 0 Å². The molecule has 118 valence electrons. The largest absolute Gasteiger partial charge is 0.481 e. The zero-order chi connectivity index (χ0) is 16.4. The molecule has 2 rings (SSSR count). The second kappa shape index (κ2) is 6.02. The van der Waals surface area contributed by atoms with Crippen LogP contribution in [0.2, 0.25) is 0 Å². The van der Waals surface area contributed by atoms with Crippen LogP contribution in [0.5, 0.6) is 0 Å². The SMILES string of the molecule is NC(Cc1ccc2c(c1)C(C(=O)O)CC(C(=O)O)N2)C(=O)O. The number of hydrogen-bond donors (Lipinski definition) is 5. The minimum Gasteiger partial charge on any atom is -0.481 e. The van der Waals surface area contributed by atoms with Crippen molar-refractivity contribution in [1.82, 2.24) is 0 Å². The van der Waals surface area contributed by atoms with Gasteiger partial charge in [-0.2, -0.15) is 0 Å². The molecule has 1 aromatic carbocycles. The number of carboxylic acid groups (broad SMARTS) is 3. The Morgan fingerprint density at radius 1 is 1.23 bits per heavy atom. The van der Waals surface area contributed by atoms with E-state index in [4.69, 9.17) is 15.9 Å². The average Bonchev–Trinajstić information content (AvgIpc) is 2.45. The van der Waals surface area contributed by atoms with Gasteiger partial charge in [0, 0.05) is 5.69 Å². The molecular formula is C14H16N2O6. The van der Waals surface area contributed by atoms with Crippen molar-refractivity contribution in [2.75, 3.05) is 5.32 Å². The number of nitrogens with two attached hydrogens (primary N) is 1. The first kappa shape index (κ1) is 15.8. The smallest absolute Gasteiger partial charge is 0.326 e. The van der Waals surface area contributed by atoms with E-state index in [9.17, 15) is 19.5 Å². The van der Waals surface area contributed by atoms with Crippen LogP contribution in [-0.2, 0) is 20.8 Å². The van der Waals surface area contributed by atoms with Gasteiger partial charge < -0.3 is 26.4 Å². The summed E-state index contributed by atoms with van der Waals surface area (Å²) < 4.78 is 0. The van der Waals surface area contributed by atoms with E-state index in [1.54, 1.807) is 18.2 Å². The Labute approximate surface area is 125 Å². The quantitative estimate of drug-likeness (QED) is 0.513. The molecule has 0 fully saturated rings. The van der Waals surface area contributed by atoms with Crippen molar-refractivity contribution >= 4 is 23.6 Å². The molecule has 3 atom stereocenters. The van der Waals surface area contributed by atoms with Crippen molar-refractivity contribution in [2.24, 2.45) is 5.73 Å². The van der Waals surface area contributed by atoms with E-state index in [1.807, 2.05) is 0 Å². The van der Waals surface area contributed by atoms with Crippen LogP contribution in [-0.4, -0.2) is 45.3 Å². The van der Waals surface area contributed by atoms with E-state index in [0.717, 1.165) is 0 Å². The van der Waals surface area contributed by atoms with Crippen LogP contribution < -0.4 is 11.1 Å². The predicted octanol–water partition coefficient (Wildman–Crippen LogP) is 0.0780. The van der Waals surface area contributed by atoms with Gasteiger partial charge in [0.2, 0.25) is 0 Å². The Morgan fingerprint density at radius 2 is 1.91 bits per heavy atom. The van der Waals surface area contributed by atoms with Gasteiger partial charge in [0.1, 0.15) is 12.1 Å². The fourth-order valence-corrected chi connectivity index (χ4v) is 2.51. The van der Waals surface area contributed by atoms with Crippen LogP contribution in [0, 0.1) is 0 Å². The van der Waals surface area contributed by atoms with E-state index in [1.165, 1.54) is 0 Å². The first-order chi connectivity index (χ1) is 10.3. The maximum atomic E-state index is 11.4. The van der Waals surface area contributed by atoms with E-state index in [2.05, 4.69) is 5.32 Å². The molecule has 0 spiro atoms. The van der Waals surface area contributed by atoms with Crippen LogP contribution >= 0.6 is 0 Å². The van der Waals surface area contributed by atoms with E-state index < -0.39 is 35.9 Å². The molecule has 1 heterocycles. The summed E-state index contributed by atoms with van der Waals surface area (Å²) in [5.74, 6) is -4.34. The van der Waals surface area contributed by atoms with Crippen LogP contribution in [0.4, 0.5) is 5.69 Å². The van der Waals surface area contributed by atoms with E-state index >= 15 is 0 Å². The molecule has 1 aliphatic heterocycles. The minimum atomic E-state index is -1.14. The Morgan fingerprint density at radius 3 is 2.45 bits per heavy atom. The number of carboxylic acids is 3. The van der Waals surface area contributed by atoms with Gasteiger partial charge in [-0.1, -0.05) is 12.1 Å². The van der Waals surface area contributed by atoms with Gasteiger partial charge in [0.25, 0.3) is 0 Å². The Balaban J connectivity index is 2.34. The minimum absolute atomic E-state index is 0.0668. The third kappa shape index (κ3) is 3.17. The van der Waals surface area contributed by atoms with Crippen molar-refractivity contribution in [2.45, 2.75) is 30.8 Å². The second-order valence-corrected chi connectivity index (χ2v) is 5.23. The van der Waals surface area contributed by atoms with Crippen LogP contribution in [0.1, 0.15) is 23.5 Å². The molecule has 1 aromatic rings. The number of benzene rings is 1. The Hall–Kier alpha value is -2.61. The topological polar surface area (TPSA) is 150 Å². The number of hydrogen-bond acceptors (Lipinski definition) is 5. The van der Waals surface area contributed by atoms with Gasteiger partial charge >= 0.3 is 17.9 Å². The summed E-state index contributed by atoms with van der Waals surface area (Å²) in [6.07, 6.45) is -0.0105. The van der Waals surface area contributed by atoms with Crippen molar-refractivity contribution in [3.05, 3.63) is 29.3 Å². The zero-order valence-corrected chi connectivity index (χ0v) is 11.5. The highest BCUT2D eigenvalue weighted by molar-refractivity contribution is 5.86. The number of rotatable bonds is 5. The highest BCUT2D eigenvalue weighted by Crippen LogP contribution is 2.35. The molecule has 0 aliphatic carbocycles. The summed E-state index contributed by atoms with van der Waals surface area (Å²) in [6, 6.07) is 2.69. The molecule has 3 unspecified atom stereocenters. The molecule has 8 nitrogen and oxygen atoms in total. The van der Waals surface area contributed by atoms with Gasteiger partial charge in [0.05, 0.1) is 5.92 Å². The van der Waals surface area contributed by atoms with Gasteiger partial charge in [-0.25, -0.2) is 4.79 Å². The maximum Gasteiger partial charge on any atom is 0.326 e. The van der Waals surface area contributed by atoms with Gasteiger partial charge in [-0.15, -0.1) is 0 Å². The second-order valence-electron chi connectivity index (χ2n) is 5.23. The number of fused-ring (bicyclic) bond motifs is 1. The number of nitrogens with one attached hydrogen (secondary N) is 1. The van der Waals surface area contributed by atoms with Gasteiger partial charge in [-0.3, -0.25) is 9.59 Å². The molecule has 6 N–H and O–H groups in total. The normalized spacial score (nSPS) is 21.3. The fraction of sp³-hybridized carbons (Fsp3) is 0.357. The highest BCUT2D eigenvalue weighted by Gasteiger charge is 2.34. The molecule has 8 heteroatoms. The molecule has 0 amide bonds. The van der Waals surface area contributed by atoms with Crippen molar-refractivity contribution in [3.8, 4) is 0 Å². The van der Waals surface area contributed by atoms with Crippen LogP contribution in [0.25, 0.3) is 0 Å². The van der Waals surface area contributed by atoms with Crippen molar-refractivity contribution in [3.63, 3.8) is 0 Å². The average molecular weight is 308 g/mol. The first-order valence-electron chi connectivity index (χ1n) is 6.63. The molecule has 0 aromatic heterocycles. The molecule has 22 heavy (non-hydrogen) atoms. The summed E-state index contributed by atoms with van der Waals surface area (Å²) in [4.78, 5) is 33.3. The highest BCUT2D eigenvalue weighted by atomic mass is 16.4. The third-order valence-corrected chi connectivity index (χ3v) is 3.66. The van der Waals surface area contributed by atoms with Crippen molar-refractivity contribution < 1.29 is 29.7 Å². The fourth-order valence-electron chi connectivity index (χ4n) is 2.51. The van der Waals surface area contributed by atoms with Gasteiger partial charge in [-0.05, 0) is 30.0 Å². The summed E-state index contributed by atoms with van der Waals surface area (Å²) in [5.41, 5.74) is 6.94. The van der Waals surface area contributed by atoms with E-state index in [0.29, 0.717) is 16.8 Å². The summed E-state index contributed by atoms with van der Waals surface area (Å²) in [5, 5.41) is 30.0. The monoisotopic (exact) mass is 308 g/mol. The predicted molar refractivity (Wildman–Crippen MR) is 75.8 cm³/mol.